The first kappa shape index (κ1) is 18.0. The molecule has 0 saturated carbocycles. The third-order valence-electron chi connectivity index (χ3n) is 3.27. The summed E-state index contributed by atoms with van der Waals surface area (Å²) in [6.45, 7) is 1.48. The fourth-order valence-corrected chi connectivity index (χ4v) is 2.85. The Hall–Kier alpha value is -2.34. The van der Waals surface area contributed by atoms with Gasteiger partial charge in [-0.3, -0.25) is 9.59 Å². The van der Waals surface area contributed by atoms with Gasteiger partial charge in [0, 0.05) is 17.0 Å². The number of ether oxygens (including phenoxy) is 1. The van der Waals surface area contributed by atoms with Crippen molar-refractivity contribution in [3.8, 4) is 5.75 Å². The van der Waals surface area contributed by atoms with Gasteiger partial charge in [0.25, 0.3) is 0 Å². The lowest BCUT2D eigenvalue weighted by atomic mass is 10.1. The number of ketones is 1. The zero-order chi connectivity index (χ0) is 17.5. The molecule has 0 saturated heterocycles. The van der Waals surface area contributed by atoms with E-state index in [0.717, 1.165) is 5.56 Å². The number of hydrogen-bond acceptors (Lipinski definition) is 4. The fraction of sp³-hybridized carbons (Fsp3) is 0.222. The summed E-state index contributed by atoms with van der Waals surface area (Å²) < 4.78 is 18.5. The van der Waals surface area contributed by atoms with Gasteiger partial charge in [0.1, 0.15) is 0 Å². The number of Topliss-reactive ketones (excluding diaryl/α,β-unsaturated/α-hetero) is 1. The first-order chi connectivity index (χ1) is 11.5. The first-order valence-corrected chi connectivity index (χ1v) is 8.46. The summed E-state index contributed by atoms with van der Waals surface area (Å²) in [5.41, 5.74) is 1.92. The molecule has 0 atom stereocenters. The van der Waals surface area contributed by atoms with Crippen LogP contribution in [-0.4, -0.2) is 24.6 Å². The molecule has 0 spiro atoms. The van der Waals surface area contributed by atoms with E-state index in [9.17, 15) is 14.0 Å². The number of hydrogen-bond donors (Lipinski definition) is 1. The molecule has 4 nitrogen and oxygen atoms in total. The van der Waals surface area contributed by atoms with Crippen LogP contribution >= 0.6 is 11.8 Å². The molecule has 126 valence electrons. The van der Waals surface area contributed by atoms with Crippen LogP contribution in [0.25, 0.3) is 0 Å². The highest BCUT2D eigenvalue weighted by Gasteiger charge is 2.07. The van der Waals surface area contributed by atoms with Crippen molar-refractivity contribution in [2.24, 2.45) is 0 Å². The Morgan fingerprint density at radius 1 is 1.21 bits per heavy atom. The molecule has 0 aliphatic heterocycles. The maximum Gasteiger partial charge on any atom is 0.234 e. The lowest BCUT2D eigenvalue weighted by Gasteiger charge is -2.07. The van der Waals surface area contributed by atoms with Crippen LogP contribution in [0.5, 0.6) is 5.75 Å². The quantitative estimate of drug-likeness (QED) is 0.772. The number of rotatable bonds is 7. The van der Waals surface area contributed by atoms with Gasteiger partial charge < -0.3 is 10.1 Å². The van der Waals surface area contributed by atoms with Gasteiger partial charge in [-0.15, -0.1) is 11.8 Å². The largest absolute Gasteiger partial charge is 0.494 e. The minimum Gasteiger partial charge on any atom is -0.494 e. The second kappa shape index (κ2) is 8.49. The molecule has 0 aliphatic carbocycles. The number of nitrogens with one attached hydrogen (secondary N) is 1. The molecule has 0 aliphatic rings. The molecule has 0 heterocycles. The molecule has 6 heteroatoms. The molecular weight excluding hydrogens is 329 g/mol. The average molecular weight is 347 g/mol. The van der Waals surface area contributed by atoms with Crippen molar-refractivity contribution in [1.82, 2.24) is 0 Å². The van der Waals surface area contributed by atoms with E-state index in [-0.39, 0.29) is 23.2 Å². The van der Waals surface area contributed by atoms with E-state index in [1.807, 2.05) is 0 Å². The highest BCUT2D eigenvalue weighted by atomic mass is 32.2. The number of halogens is 1. The van der Waals surface area contributed by atoms with Gasteiger partial charge in [0.05, 0.1) is 12.9 Å². The molecular formula is C18H18FNO3S. The van der Waals surface area contributed by atoms with Crippen molar-refractivity contribution in [1.29, 1.82) is 0 Å². The monoisotopic (exact) mass is 347 g/mol. The Labute approximate surface area is 144 Å². The van der Waals surface area contributed by atoms with Crippen LogP contribution in [0, 0.1) is 5.82 Å². The van der Waals surface area contributed by atoms with Crippen molar-refractivity contribution in [3.63, 3.8) is 0 Å². The van der Waals surface area contributed by atoms with E-state index >= 15 is 0 Å². The van der Waals surface area contributed by atoms with E-state index in [4.69, 9.17) is 4.74 Å². The van der Waals surface area contributed by atoms with Crippen LogP contribution in [0.1, 0.15) is 22.8 Å². The summed E-state index contributed by atoms with van der Waals surface area (Å²) in [5, 5.41) is 2.75. The second-order valence-electron chi connectivity index (χ2n) is 5.15. The minimum absolute atomic E-state index is 0.0537. The number of benzene rings is 2. The predicted octanol–water partition coefficient (Wildman–Crippen LogP) is 3.91. The van der Waals surface area contributed by atoms with E-state index in [2.05, 4.69) is 5.32 Å². The van der Waals surface area contributed by atoms with Crippen molar-refractivity contribution >= 4 is 29.1 Å². The third-order valence-corrected chi connectivity index (χ3v) is 4.27. The van der Waals surface area contributed by atoms with Gasteiger partial charge in [-0.1, -0.05) is 18.2 Å². The number of amides is 1. The lowest BCUT2D eigenvalue weighted by molar-refractivity contribution is -0.113. The van der Waals surface area contributed by atoms with Crippen LogP contribution in [0.3, 0.4) is 0 Å². The second-order valence-corrected chi connectivity index (χ2v) is 6.13. The van der Waals surface area contributed by atoms with Gasteiger partial charge in [-0.2, -0.15) is 0 Å². The Bertz CT molecular complexity index is 749. The van der Waals surface area contributed by atoms with E-state index in [1.54, 1.807) is 36.4 Å². The minimum atomic E-state index is -0.416. The first-order valence-electron chi connectivity index (χ1n) is 7.30. The summed E-state index contributed by atoms with van der Waals surface area (Å²) in [6.07, 6.45) is 0. The highest BCUT2D eigenvalue weighted by Crippen LogP contribution is 2.21. The Kier molecular flexibility index (Phi) is 6.37. The van der Waals surface area contributed by atoms with Crippen LogP contribution in [0.15, 0.2) is 42.5 Å². The molecule has 0 bridgehead atoms. The topological polar surface area (TPSA) is 55.4 Å². The van der Waals surface area contributed by atoms with Gasteiger partial charge in [0.15, 0.2) is 17.3 Å². The van der Waals surface area contributed by atoms with E-state index in [1.165, 1.54) is 31.9 Å². The maximum atomic E-state index is 13.6. The van der Waals surface area contributed by atoms with Crippen LogP contribution < -0.4 is 10.1 Å². The molecule has 0 aromatic heterocycles. The molecule has 2 aromatic carbocycles. The van der Waals surface area contributed by atoms with E-state index < -0.39 is 5.82 Å². The lowest BCUT2D eigenvalue weighted by Crippen LogP contribution is -2.14. The molecule has 0 fully saturated rings. The fourth-order valence-electron chi connectivity index (χ4n) is 2.07. The Morgan fingerprint density at radius 3 is 2.67 bits per heavy atom. The molecule has 0 unspecified atom stereocenters. The molecule has 1 amide bonds. The third kappa shape index (κ3) is 5.09. The number of carbonyl (C=O) groups excluding carboxylic acids is 2. The molecule has 24 heavy (non-hydrogen) atoms. The van der Waals surface area contributed by atoms with Crippen molar-refractivity contribution in [2.45, 2.75) is 12.7 Å². The number of thioether (sulfide) groups is 1. The van der Waals surface area contributed by atoms with Crippen LogP contribution in [0.4, 0.5) is 10.1 Å². The normalized spacial score (nSPS) is 10.3. The van der Waals surface area contributed by atoms with Gasteiger partial charge in [-0.05, 0) is 36.8 Å². The average Bonchev–Trinajstić information content (AvgIpc) is 2.55. The molecule has 1 N–H and O–H groups in total. The van der Waals surface area contributed by atoms with Gasteiger partial charge >= 0.3 is 0 Å². The van der Waals surface area contributed by atoms with E-state index in [0.29, 0.717) is 17.0 Å². The summed E-state index contributed by atoms with van der Waals surface area (Å²) in [6, 6.07) is 11.5. The van der Waals surface area contributed by atoms with Crippen molar-refractivity contribution in [2.75, 3.05) is 18.2 Å². The predicted molar refractivity (Wildman–Crippen MR) is 94.2 cm³/mol. The standard InChI is InChI=1S/C18H18FNO3S/c1-12(21)14-4-3-5-15(9-14)20-18(22)11-24-10-13-6-7-17(23-2)16(19)8-13/h3-9H,10-11H2,1-2H3,(H,20,22). The van der Waals surface area contributed by atoms with Crippen LogP contribution in [-0.2, 0) is 10.5 Å². The summed E-state index contributed by atoms with van der Waals surface area (Å²) >= 11 is 1.38. The van der Waals surface area contributed by atoms with Crippen molar-refractivity contribution in [3.05, 3.63) is 59.4 Å². The summed E-state index contributed by atoms with van der Waals surface area (Å²) in [7, 11) is 1.41. The number of methoxy groups -OCH3 is 1. The highest BCUT2D eigenvalue weighted by molar-refractivity contribution is 7.99. The zero-order valence-corrected chi connectivity index (χ0v) is 14.3. The molecule has 2 rings (SSSR count). The SMILES string of the molecule is COc1ccc(CSCC(=O)Nc2cccc(C(C)=O)c2)cc1F. The Morgan fingerprint density at radius 2 is 2.00 bits per heavy atom. The smallest absolute Gasteiger partial charge is 0.234 e. The van der Waals surface area contributed by atoms with Crippen molar-refractivity contribution < 1.29 is 18.7 Å². The number of anilines is 1. The van der Waals surface area contributed by atoms with Gasteiger partial charge in [-0.25, -0.2) is 4.39 Å². The van der Waals surface area contributed by atoms with Gasteiger partial charge in [0.2, 0.25) is 5.91 Å². The number of carbonyl (C=O) groups is 2. The molecule has 2 aromatic rings. The summed E-state index contributed by atoms with van der Waals surface area (Å²) in [5.74, 6) is 0.310. The van der Waals surface area contributed by atoms with Crippen LogP contribution in [0.2, 0.25) is 0 Å². The zero-order valence-electron chi connectivity index (χ0n) is 13.5. The Balaban J connectivity index is 1.84. The maximum absolute atomic E-state index is 13.6. The molecule has 0 radical (unpaired) electrons. The summed E-state index contributed by atoms with van der Waals surface area (Å²) in [4.78, 5) is 23.3.